The van der Waals surface area contributed by atoms with Gasteiger partial charge in [-0.05, 0) is 63.3 Å². The number of allylic oxidation sites excluding steroid dienone is 1. The van der Waals surface area contributed by atoms with Gasteiger partial charge in [0.2, 0.25) is 0 Å². The molecule has 0 aliphatic carbocycles. The molecular weight excluding hydrogens is 479 g/mol. The molecule has 2 heterocycles. The van der Waals surface area contributed by atoms with Crippen LogP contribution in [0.15, 0.2) is 54.7 Å². The first kappa shape index (κ1) is 26.3. The maximum absolute atomic E-state index is 13.3. The van der Waals surface area contributed by atoms with E-state index in [0.29, 0.717) is 35.3 Å². The monoisotopic (exact) mass is 512 g/mol. The highest BCUT2D eigenvalue weighted by atomic mass is 35.5. The normalized spacial score (nSPS) is 21.1. The minimum absolute atomic E-state index is 0.152. The Hall–Kier alpha value is -2.74. The van der Waals surface area contributed by atoms with Gasteiger partial charge in [-0.3, -0.25) is 14.5 Å². The summed E-state index contributed by atoms with van der Waals surface area (Å²) in [6, 6.07) is 12.0. The first-order chi connectivity index (χ1) is 17.2. The average Bonchev–Trinajstić information content (AvgIpc) is 3.35. The Kier molecular flexibility index (Phi) is 8.44. The molecule has 2 aliphatic heterocycles. The fraction of sp³-hybridized carbons (Fsp3) is 0.429. The van der Waals surface area contributed by atoms with Gasteiger partial charge in [0, 0.05) is 74.2 Å². The number of rotatable bonds is 7. The number of halogens is 2. The highest BCUT2D eigenvalue weighted by Crippen LogP contribution is 2.23. The quantitative estimate of drug-likeness (QED) is 0.412. The van der Waals surface area contributed by atoms with Gasteiger partial charge in [-0.25, -0.2) is 4.39 Å². The van der Waals surface area contributed by atoms with Crippen molar-refractivity contribution >= 4 is 23.3 Å². The van der Waals surface area contributed by atoms with Crippen LogP contribution < -0.4 is 0 Å². The van der Waals surface area contributed by atoms with Gasteiger partial charge in [0.25, 0.3) is 5.91 Å². The second kappa shape index (κ2) is 11.5. The average molecular weight is 513 g/mol. The summed E-state index contributed by atoms with van der Waals surface area (Å²) < 4.78 is 13.2. The van der Waals surface area contributed by atoms with Crippen molar-refractivity contribution < 1.29 is 14.0 Å². The third-order valence-corrected chi connectivity index (χ3v) is 7.39. The van der Waals surface area contributed by atoms with Crippen molar-refractivity contribution in [3.8, 4) is 0 Å². The zero-order valence-electron chi connectivity index (χ0n) is 21.2. The van der Waals surface area contributed by atoms with E-state index in [9.17, 15) is 14.0 Å². The number of hydrogen-bond donors (Lipinski definition) is 0. The smallest absolute Gasteiger partial charge is 0.254 e. The number of ketones is 1. The minimum atomic E-state index is -0.226. The van der Waals surface area contributed by atoms with Crippen LogP contribution in [0.2, 0.25) is 5.02 Å². The largest absolute Gasteiger partial charge is 0.372 e. The van der Waals surface area contributed by atoms with Crippen LogP contribution in [0.5, 0.6) is 0 Å². The molecule has 0 N–H and O–H groups in total. The number of amides is 1. The van der Waals surface area contributed by atoms with Crippen molar-refractivity contribution in [2.45, 2.75) is 32.0 Å². The molecule has 0 spiro atoms. The Morgan fingerprint density at radius 3 is 2.47 bits per heavy atom. The molecule has 2 fully saturated rings. The third-order valence-electron chi connectivity index (χ3n) is 7.16. The molecule has 6 nitrogen and oxygen atoms in total. The van der Waals surface area contributed by atoms with Crippen molar-refractivity contribution in [1.29, 1.82) is 0 Å². The molecule has 36 heavy (non-hydrogen) atoms. The third kappa shape index (κ3) is 6.33. The lowest BCUT2D eigenvalue weighted by Crippen LogP contribution is -2.49. The number of carbonyl (C=O) groups is 2. The molecule has 0 unspecified atom stereocenters. The second-order valence-corrected chi connectivity index (χ2v) is 10.4. The van der Waals surface area contributed by atoms with E-state index < -0.39 is 0 Å². The molecule has 4 rings (SSSR count). The molecule has 2 saturated heterocycles. The van der Waals surface area contributed by atoms with Crippen molar-refractivity contribution in [2.75, 3.05) is 46.8 Å². The summed E-state index contributed by atoms with van der Waals surface area (Å²) >= 11 is 6.21. The highest BCUT2D eigenvalue weighted by Gasteiger charge is 2.30. The van der Waals surface area contributed by atoms with E-state index in [1.54, 1.807) is 29.2 Å². The molecule has 2 aliphatic rings. The Balaban J connectivity index is 1.40. The van der Waals surface area contributed by atoms with E-state index in [2.05, 4.69) is 21.6 Å². The molecule has 0 aromatic heterocycles. The lowest BCUT2D eigenvalue weighted by atomic mass is 10.0. The summed E-state index contributed by atoms with van der Waals surface area (Å²) in [6.45, 7) is 6.65. The molecule has 0 saturated carbocycles. The van der Waals surface area contributed by atoms with Crippen LogP contribution in [0, 0.1) is 5.82 Å². The van der Waals surface area contributed by atoms with Gasteiger partial charge < -0.3 is 14.7 Å². The first-order valence-electron chi connectivity index (χ1n) is 12.4. The molecule has 2 aromatic carbocycles. The molecule has 0 radical (unpaired) electrons. The van der Waals surface area contributed by atoms with Crippen LogP contribution in [0.4, 0.5) is 4.39 Å². The molecule has 1 amide bonds. The van der Waals surface area contributed by atoms with Crippen LogP contribution in [-0.4, -0.2) is 90.2 Å². The Bertz CT molecular complexity index is 1120. The zero-order valence-corrected chi connectivity index (χ0v) is 21.9. The number of piperazine rings is 1. The van der Waals surface area contributed by atoms with Crippen LogP contribution >= 0.6 is 11.6 Å². The molecule has 8 heteroatoms. The summed E-state index contributed by atoms with van der Waals surface area (Å²) in [6.07, 6.45) is 4.30. The fourth-order valence-corrected chi connectivity index (χ4v) is 5.11. The molecule has 2 aromatic rings. The van der Waals surface area contributed by atoms with E-state index in [0.717, 1.165) is 38.2 Å². The number of hydrogen-bond acceptors (Lipinski definition) is 5. The highest BCUT2D eigenvalue weighted by molar-refractivity contribution is 6.31. The van der Waals surface area contributed by atoms with E-state index in [1.165, 1.54) is 12.1 Å². The van der Waals surface area contributed by atoms with Gasteiger partial charge in [-0.2, -0.15) is 0 Å². The fourth-order valence-electron chi connectivity index (χ4n) is 4.94. The van der Waals surface area contributed by atoms with Crippen LogP contribution in [0.3, 0.4) is 0 Å². The zero-order chi connectivity index (χ0) is 25.8. The van der Waals surface area contributed by atoms with Gasteiger partial charge in [-0.1, -0.05) is 23.7 Å². The van der Waals surface area contributed by atoms with E-state index in [4.69, 9.17) is 11.6 Å². The maximum Gasteiger partial charge on any atom is 0.254 e. The predicted molar refractivity (Wildman–Crippen MR) is 141 cm³/mol. The molecule has 0 bridgehead atoms. The number of likely N-dealkylation sites (tertiary alicyclic amines) is 1. The van der Waals surface area contributed by atoms with Gasteiger partial charge >= 0.3 is 0 Å². The van der Waals surface area contributed by atoms with Gasteiger partial charge in [0.1, 0.15) is 5.82 Å². The SMILES string of the molecule is C[C@@H]1CN(Cc2ccc(F)cc2)CCN1C=CC(=O)c1ccc(Cl)cc1C(=O)N1CC[C@@H](N(C)C)C1. The number of benzene rings is 2. The Morgan fingerprint density at radius 1 is 1.06 bits per heavy atom. The van der Waals surface area contributed by atoms with E-state index in [-0.39, 0.29) is 23.5 Å². The topological polar surface area (TPSA) is 47.1 Å². The summed E-state index contributed by atoms with van der Waals surface area (Å²) in [4.78, 5) is 34.9. The number of likely N-dealkylation sites (N-methyl/N-ethyl adjacent to an activating group) is 1. The summed E-state index contributed by atoms with van der Waals surface area (Å²) in [5.74, 6) is -0.587. The number of nitrogens with zero attached hydrogens (tertiary/aromatic N) is 4. The van der Waals surface area contributed by atoms with E-state index >= 15 is 0 Å². The first-order valence-corrected chi connectivity index (χ1v) is 12.8. The minimum Gasteiger partial charge on any atom is -0.372 e. The van der Waals surface area contributed by atoms with Gasteiger partial charge in [0.15, 0.2) is 5.78 Å². The van der Waals surface area contributed by atoms with Crippen LogP contribution in [-0.2, 0) is 6.54 Å². The van der Waals surface area contributed by atoms with Gasteiger partial charge in [0.05, 0.1) is 5.56 Å². The summed E-state index contributed by atoms with van der Waals surface area (Å²) in [5, 5.41) is 0.438. The Morgan fingerprint density at radius 2 is 1.81 bits per heavy atom. The Labute approximate surface area is 217 Å². The van der Waals surface area contributed by atoms with Crippen LogP contribution in [0.25, 0.3) is 0 Å². The lowest BCUT2D eigenvalue weighted by molar-refractivity contribution is 0.0778. The van der Waals surface area contributed by atoms with Crippen molar-refractivity contribution in [3.63, 3.8) is 0 Å². The van der Waals surface area contributed by atoms with Crippen LogP contribution in [0.1, 0.15) is 39.6 Å². The molecular formula is C28H34ClFN4O2. The maximum atomic E-state index is 13.3. The van der Waals surface area contributed by atoms with Gasteiger partial charge in [-0.15, -0.1) is 0 Å². The standard InChI is InChI=1S/C28H34ClFN4O2/c1-20-17-32(18-21-4-7-23(30)8-5-21)14-15-33(20)13-11-27(35)25-9-6-22(29)16-26(25)28(36)34-12-10-24(19-34)31(2)3/h4-9,11,13,16,20,24H,10,12,14-15,17-19H2,1-3H3/t20-,24-/m1/s1. The summed E-state index contributed by atoms with van der Waals surface area (Å²) in [7, 11) is 4.03. The molecule has 2 atom stereocenters. The van der Waals surface area contributed by atoms with Crippen molar-refractivity contribution in [3.05, 3.63) is 82.3 Å². The second-order valence-electron chi connectivity index (χ2n) is 9.98. The van der Waals surface area contributed by atoms with E-state index in [1.807, 2.05) is 32.4 Å². The lowest BCUT2D eigenvalue weighted by Gasteiger charge is -2.39. The summed E-state index contributed by atoms with van der Waals surface area (Å²) in [5.41, 5.74) is 1.81. The number of carbonyl (C=O) groups excluding carboxylic acids is 2. The molecule has 192 valence electrons. The van der Waals surface area contributed by atoms with Crippen molar-refractivity contribution in [2.24, 2.45) is 0 Å². The van der Waals surface area contributed by atoms with Crippen molar-refractivity contribution in [1.82, 2.24) is 19.6 Å². The predicted octanol–water partition coefficient (Wildman–Crippen LogP) is 4.16.